The minimum Gasteiger partial charge on any atom is -0.481 e. The summed E-state index contributed by atoms with van der Waals surface area (Å²) in [6.45, 7) is 4.23. The van der Waals surface area contributed by atoms with Crippen molar-refractivity contribution in [3.8, 4) is 0 Å². The lowest BCUT2D eigenvalue weighted by Crippen LogP contribution is -2.09. The molecule has 20 heavy (non-hydrogen) atoms. The number of rotatable bonds is 4. The van der Waals surface area contributed by atoms with Gasteiger partial charge in [0.25, 0.3) is 0 Å². The van der Waals surface area contributed by atoms with Gasteiger partial charge >= 0.3 is 5.97 Å². The van der Waals surface area contributed by atoms with Crippen molar-refractivity contribution in [3.63, 3.8) is 0 Å². The zero-order valence-corrected chi connectivity index (χ0v) is 12.1. The first-order valence-electron chi connectivity index (χ1n) is 6.43. The predicted molar refractivity (Wildman–Crippen MR) is 74.1 cm³/mol. The first-order chi connectivity index (χ1) is 9.54. The van der Waals surface area contributed by atoms with Crippen molar-refractivity contribution in [2.75, 3.05) is 5.32 Å². The number of fused-ring (bicyclic) bond motifs is 1. The fourth-order valence-electron chi connectivity index (χ4n) is 2.31. The van der Waals surface area contributed by atoms with Crippen molar-refractivity contribution in [1.29, 1.82) is 0 Å². The van der Waals surface area contributed by atoms with Crippen LogP contribution in [0.4, 0.5) is 5.13 Å². The summed E-state index contributed by atoms with van der Waals surface area (Å²) >= 11 is 1.52. The number of carbonyl (C=O) groups is 1. The molecule has 6 nitrogen and oxygen atoms in total. The van der Waals surface area contributed by atoms with Gasteiger partial charge in [0.15, 0.2) is 5.13 Å². The van der Waals surface area contributed by atoms with E-state index in [1.807, 2.05) is 13.8 Å². The summed E-state index contributed by atoms with van der Waals surface area (Å²) in [5.74, 6) is 0.182. The molecule has 2 N–H and O–H groups in total. The van der Waals surface area contributed by atoms with Crippen LogP contribution in [0.2, 0.25) is 0 Å². The van der Waals surface area contributed by atoms with Gasteiger partial charge in [0, 0.05) is 4.88 Å². The van der Waals surface area contributed by atoms with E-state index in [0.29, 0.717) is 24.6 Å². The molecule has 2 heterocycles. The van der Waals surface area contributed by atoms with Gasteiger partial charge < -0.3 is 14.8 Å². The highest BCUT2D eigenvalue weighted by Crippen LogP contribution is 2.38. The van der Waals surface area contributed by atoms with Gasteiger partial charge in [-0.1, -0.05) is 0 Å². The third-order valence-corrected chi connectivity index (χ3v) is 4.57. The fraction of sp³-hybridized carbons (Fsp3) is 0.462. The van der Waals surface area contributed by atoms with E-state index in [0.717, 1.165) is 27.9 Å². The Kier molecular flexibility index (Phi) is 3.21. The number of hydrogen-bond donors (Lipinski definition) is 2. The van der Waals surface area contributed by atoms with E-state index in [9.17, 15) is 4.79 Å². The lowest BCUT2D eigenvalue weighted by atomic mass is 10.1. The van der Waals surface area contributed by atoms with Crippen LogP contribution in [0.15, 0.2) is 4.42 Å². The summed E-state index contributed by atoms with van der Waals surface area (Å²) in [6, 6.07) is 0. The number of carboxylic acid groups (broad SMARTS) is 1. The summed E-state index contributed by atoms with van der Waals surface area (Å²) in [5, 5.41) is 13.0. The van der Waals surface area contributed by atoms with Gasteiger partial charge in [-0.2, -0.15) is 0 Å². The Morgan fingerprint density at radius 3 is 2.95 bits per heavy atom. The number of anilines is 1. The third-order valence-electron chi connectivity index (χ3n) is 3.48. The quantitative estimate of drug-likeness (QED) is 0.900. The first kappa shape index (κ1) is 13.1. The number of nitrogens with one attached hydrogen (secondary N) is 1. The third kappa shape index (κ3) is 2.29. The Balaban J connectivity index is 1.70. The molecule has 0 aromatic carbocycles. The van der Waals surface area contributed by atoms with Crippen LogP contribution in [0.3, 0.4) is 0 Å². The van der Waals surface area contributed by atoms with E-state index in [1.54, 1.807) is 0 Å². The smallest absolute Gasteiger partial charge is 0.312 e. The van der Waals surface area contributed by atoms with Crippen molar-refractivity contribution in [2.24, 2.45) is 0 Å². The average molecular weight is 293 g/mol. The Morgan fingerprint density at radius 2 is 2.30 bits per heavy atom. The lowest BCUT2D eigenvalue weighted by molar-refractivity contribution is -0.138. The van der Waals surface area contributed by atoms with Gasteiger partial charge in [0.05, 0.1) is 17.9 Å². The molecule has 0 bridgehead atoms. The minimum atomic E-state index is -0.792. The molecule has 0 amide bonds. The van der Waals surface area contributed by atoms with E-state index >= 15 is 0 Å². The van der Waals surface area contributed by atoms with E-state index in [2.05, 4.69) is 15.3 Å². The zero-order valence-electron chi connectivity index (χ0n) is 11.3. The summed E-state index contributed by atoms with van der Waals surface area (Å²) < 4.78 is 5.48. The molecule has 2 aromatic rings. The lowest BCUT2D eigenvalue weighted by Gasteiger charge is -2.02. The van der Waals surface area contributed by atoms with Crippen molar-refractivity contribution in [1.82, 2.24) is 9.97 Å². The molecule has 0 saturated carbocycles. The summed E-state index contributed by atoms with van der Waals surface area (Å²) in [7, 11) is 0. The largest absolute Gasteiger partial charge is 0.481 e. The Bertz CT molecular complexity index is 642. The van der Waals surface area contributed by atoms with Crippen LogP contribution in [0, 0.1) is 13.8 Å². The number of aliphatic carboxylic acids is 1. The van der Waals surface area contributed by atoms with Crippen LogP contribution in [-0.4, -0.2) is 21.0 Å². The monoisotopic (exact) mass is 293 g/mol. The van der Waals surface area contributed by atoms with Gasteiger partial charge in [0.1, 0.15) is 11.7 Å². The average Bonchev–Trinajstić information content (AvgIpc) is 3.01. The highest BCUT2D eigenvalue weighted by Gasteiger charge is 2.32. The van der Waals surface area contributed by atoms with E-state index in [4.69, 9.17) is 9.52 Å². The molecule has 0 fully saturated rings. The van der Waals surface area contributed by atoms with Crippen LogP contribution in [0.5, 0.6) is 0 Å². The molecule has 3 rings (SSSR count). The van der Waals surface area contributed by atoms with E-state index in [1.165, 1.54) is 11.3 Å². The number of carboxylic acids is 1. The SMILES string of the molecule is Cc1nc(CNc2nc3c(s2)CCC3C(=O)O)oc1C. The number of oxazole rings is 1. The van der Waals surface area contributed by atoms with Gasteiger partial charge in [-0.05, 0) is 26.7 Å². The normalized spacial score (nSPS) is 17.2. The number of aromatic nitrogens is 2. The molecule has 0 saturated heterocycles. The summed E-state index contributed by atoms with van der Waals surface area (Å²) in [5.41, 5.74) is 1.60. The standard InChI is InChI=1S/C13H15N3O3S/c1-6-7(2)19-10(15-6)5-14-13-16-11-8(12(17)18)3-4-9(11)20-13/h8H,3-5H2,1-2H3,(H,14,16)(H,17,18). The van der Waals surface area contributed by atoms with Crippen LogP contribution in [-0.2, 0) is 17.8 Å². The van der Waals surface area contributed by atoms with Crippen LogP contribution in [0.1, 0.15) is 40.3 Å². The van der Waals surface area contributed by atoms with Crippen LogP contribution < -0.4 is 5.32 Å². The van der Waals surface area contributed by atoms with Crippen molar-refractivity contribution in [2.45, 2.75) is 39.2 Å². The number of nitrogens with zero attached hydrogens (tertiary/aromatic N) is 2. The zero-order chi connectivity index (χ0) is 14.3. The molecule has 0 aliphatic heterocycles. The predicted octanol–water partition coefficient (Wildman–Crippen LogP) is 2.47. The second-order valence-electron chi connectivity index (χ2n) is 4.86. The molecule has 0 spiro atoms. The molecular formula is C13H15N3O3S. The fourth-order valence-corrected chi connectivity index (χ4v) is 3.34. The minimum absolute atomic E-state index is 0.456. The van der Waals surface area contributed by atoms with Crippen molar-refractivity contribution < 1.29 is 14.3 Å². The molecule has 1 aliphatic carbocycles. The van der Waals surface area contributed by atoms with Gasteiger partial charge in [-0.25, -0.2) is 9.97 Å². The Labute approximate surface area is 119 Å². The van der Waals surface area contributed by atoms with Gasteiger partial charge in [0.2, 0.25) is 5.89 Å². The number of thiazole rings is 1. The van der Waals surface area contributed by atoms with E-state index in [-0.39, 0.29) is 0 Å². The molecular weight excluding hydrogens is 278 g/mol. The number of hydrogen-bond acceptors (Lipinski definition) is 6. The molecule has 2 aromatic heterocycles. The first-order valence-corrected chi connectivity index (χ1v) is 7.25. The van der Waals surface area contributed by atoms with Crippen molar-refractivity contribution in [3.05, 3.63) is 27.9 Å². The van der Waals surface area contributed by atoms with Crippen LogP contribution in [0.25, 0.3) is 0 Å². The highest BCUT2D eigenvalue weighted by molar-refractivity contribution is 7.15. The second-order valence-corrected chi connectivity index (χ2v) is 5.94. The Hall–Kier alpha value is -1.89. The highest BCUT2D eigenvalue weighted by atomic mass is 32.1. The Morgan fingerprint density at radius 1 is 1.50 bits per heavy atom. The molecule has 1 aliphatic rings. The van der Waals surface area contributed by atoms with Gasteiger partial charge in [-0.15, -0.1) is 11.3 Å². The summed E-state index contributed by atoms with van der Waals surface area (Å²) in [6.07, 6.45) is 1.45. The maximum Gasteiger partial charge on any atom is 0.312 e. The topological polar surface area (TPSA) is 88.2 Å². The molecule has 1 unspecified atom stereocenters. The second kappa shape index (κ2) is 4.90. The maximum atomic E-state index is 11.1. The van der Waals surface area contributed by atoms with Gasteiger partial charge in [-0.3, -0.25) is 4.79 Å². The summed E-state index contributed by atoms with van der Waals surface area (Å²) in [4.78, 5) is 20.9. The molecule has 1 atom stereocenters. The van der Waals surface area contributed by atoms with Crippen molar-refractivity contribution >= 4 is 22.4 Å². The van der Waals surface area contributed by atoms with E-state index < -0.39 is 11.9 Å². The van der Waals surface area contributed by atoms with Crippen LogP contribution >= 0.6 is 11.3 Å². The molecule has 0 radical (unpaired) electrons. The number of aryl methyl sites for hydroxylation is 3. The molecule has 7 heteroatoms. The molecule has 106 valence electrons. The maximum absolute atomic E-state index is 11.1.